The number of hydrogen-bond acceptors (Lipinski definition) is 3. The number of ether oxygens (including phenoxy) is 2. The van der Waals surface area contributed by atoms with Gasteiger partial charge in [0, 0.05) is 13.0 Å². The molecule has 0 aromatic carbocycles. The van der Waals surface area contributed by atoms with E-state index in [2.05, 4.69) is 33.4 Å². The molecule has 2 aliphatic carbocycles. The minimum absolute atomic E-state index is 0.233. The van der Waals surface area contributed by atoms with Crippen LogP contribution < -0.4 is 0 Å². The van der Waals surface area contributed by atoms with Gasteiger partial charge in [0.05, 0.1) is 5.57 Å². The zero-order valence-electron chi connectivity index (χ0n) is 15.4. The zero-order chi connectivity index (χ0) is 17.5. The van der Waals surface area contributed by atoms with Crippen LogP contribution in [0.3, 0.4) is 0 Å². The number of allylic oxidation sites excluding steroid dienone is 2. The Morgan fingerprint density at radius 3 is 2.75 bits per heavy atom. The van der Waals surface area contributed by atoms with Crippen LogP contribution in [0.1, 0.15) is 52.9 Å². The Kier molecular flexibility index (Phi) is 4.50. The van der Waals surface area contributed by atoms with Crippen LogP contribution in [0.5, 0.6) is 0 Å². The van der Waals surface area contributed by atoms with Gasteiger partial charge in [0.2, 0.25) is 6.29 Å². The van der Waals surface area contributed by atoms with Gasteiger partial charge in [-0.05, 0) is 48.5 Å². The van der Waals surface area contributed by atoms with Gasteiger partial charge in [0.15, 0.2) is 0 Å². The van der Waals surface area contributed by atoms with Gasteiger partial charge < -0.3 is 9.47 Å². The van der Waals surface area contributed by atoms with E-state index in [0.29, 0.717) is 22.8 Å². The Bertz CT molecular complexity index is 598. The van der Waals surface area contributed by atoms with Crippen molar-refractivity contribution in [2.24, 2.45) is 22.7 Å². The fourth-order valence-corrected chi connectivity index (χ4v) is 5.43. The third-order valence-corrected chi connectivity index (χ3v) is 6.66. The highest BCUT2D eigenvalue weighted by molar-refractivity contribution is 5.93. The van der Waals surface area contributed by atoms with Crippen molar-refractivity contribution in [2.75, 3.05) is 7.11 Å². The van der Waals surface area contributed by atoms with Crippen molar-refractivity contribution in [3.63, 3.8) is 0 Å². The molecule has 24 heavy (non-hydrogen) atoms. The fourth-order valence-electron chi connectivity index (χ4n) is 5.43. The summed E-state index contributed by atoms with van der Waals surface area (Å²) < 4.78 is 10.2. The molecule has 0 aromatic rings. The first-order valence-electron chi connectivity index (χ1n) is 9.09. The van der Waals surface area contributed by atoms with Crippen LogP contribution in [0.2, 0.25) is 0 Å². The maximum absolute atomic E-state index is 11.9. The average molecular weight is 330 g/mol. The van der Waals surface area contributed by atoms with Crippen LogP contribution in [-0.2, 0) is 14.3 Å². The second kappa shape index (κ2) is 6.18. The van der Waals surface area contributed by atoms with Crippen molar-refractivity contribution in [1.29, 1.82) is 0 Å². The first-order chi connectivity index (χ1) is 11.3. The third-order valence-electron chi connectivity index (χ3n) is 6.66. The SMILES string of the molecule is C=C1CC[C@H]2C(C)(C)CCC[C@]2(C)[C@H]1/C=C/C1=CC(OC)OC1=O. The topological polar surface area (TPSA) is 35.5 Å². The molecule has 0 aromatic heterocycles. The van der Waals surface area contributed by atoms with Gasteiger partial charge in [-0.15, -0.1) is 0 Å². The quantitative estimate of drug-likeness (QED) is 0.551. The van der Waals surface area contributed by atoms with Crippen molar-refractivity contribution in [2.45, 2.75) is 59.2 Å². The molecule has 2 saturated carbocycles. The molecule has 3 rings (SSSR count). The smallest absolute Gasteiger partial charge is 0.340 e. The predicted molar refractivity (Wildman–Crippen MR) is 95.2 cm³/mol. The lowest BCUT2D eigenvalue weighted by molar-refractivity contribution is -0.154. The summed E-state index contributed by atoms with van der Waals surface area (Å²) in [6.07, 6.45) is 11.5. The number of carbonyl (C=O) groups is 1. The fraction of sp³-hybridized carbons (Fsp3) is 0.667. The van der Waals surface area contributed by atoms with Crippen LogP contribution in [0, 0.1) is 22.7 Å². The molecular weight excluding hydrogens is 300 g/mol. The predicted octanol–water partition coefficient (Wildman–Crippen LogP) is 4.80. The van der Waals surface area contributed by atoms with Gasteiger partial charge in [0.1, 0.15) is 0 Å². The molecule has 3 nitrogen and oxygen atoms in total. The minimum Gasteiger partial charge on any atom is -0.428 e. The number of fused-ring (bicyclic) bond motifs is 1. The monoisotopic (exact) mass is 330 g/mol. The molecule has 0 radical (unpaired) electrons. The Morgan fingerprint density at radius 1 is 1.33 bits per heavy atom. The van der Waals surface area contributed by atoms with Crippen molar-refractivity contribution in [1.82, 2.24) is 0 Å². The third kappa shape index (κ3) is 2.88. The van der Waals surface area contributed by atoms with E-state index in [9.17, 15) is 4.79 Å². The summed E-state index contributed by atoms with van der Waals surface area (Å²) >= 11 is 0. The maximum Gasteiger partial charge on any atom is 0.340 e. The van der Waals surface area contributed by atoms with Crippen LogP contribution in [0.15, 0.2) is 36.0 Å². The van der Waals surface area contributed by atoms with Crippen LogP contribution in [0.4, 0.5) is 0 Å². The summed E-state index contributed by atoms with van der Waals surface area (Å²) in [5.41, 5.74) is 2.51. The number of cyclic esters (lactones) is 1. The van der Waals surface area contributed by atoms with E-state index in [1.165, 1.54) is 31.3 Å². The summed E-state index contributed by atoms with van der Waals surface area (Å²) in [6, 6.07) is 0. The van der Waals surface area contributed by atoms with Crippen molar-refractivity contribution >= 4 is 5.97 Å². The normalized spacial score (nSPS) is 38.8. The van der Waals surface area contributed by atoms with Crippen LogP contribution in [-0.4, -0.2) is 19.4 Å². The number of carbonyl (C=O) groups excluding carboxylic acids is 1. The maximum atomic E-state index is 11.9. The summed E-state index contributed by atoms with van der Waals surface area (Å²) in [7, 11) is 1.54. The molecule has 3 aliphatic rings. The molecule has 0 bridgehead atoms. The molecule has 1 heterocycles. The molecule has 1 aliphatic heterocycles. The van der Waals surface area contributed by atoms with E-state index in [0.717, 1.165) is 6.42 Å². The minimum atomic E-state index is -0.552. The van der Waals surface area contributed by atoms with Gasteiger partial charge >= 0.3 is 5.97 Å². The van der Waals surface area contributed by atoms with Crippen LogP contribution >= 0.6 is 0 Å². The molecular formula is C21H30O3. The van der Waals surface area contributed by atoms with Crippen molar-refractivity contribution in [3.05, 3.63) is 36.0 Å². The second-order valence-corrected chi connectivity index (χ2v) is 8.57. The van der Waals surface area contributed by atoms with Crippen LogP contribution in [0.25, 0.3) is 0 Å². The number of hydrogen-bond donors (Lipinski definition) is 0. The molecule has 0 N–H and O–H groups in total. The Labute approximate surface area is 145 Å². The standard InChI is InChI=1S/C21H30O3/c1-14-7-10-17-20(2,3)11-6-12-21(17,4)16(14)9-8-15-13-18(23-5)24-19(15)22/h8-9,13,16-18H,1,6-7,10-12H2,2-5H3/b9-8+/t16-,17-,18?,21+/m0/s1. The molecule has 0 spiro atoms. The molecule has 0 amide bonds. The zero-order valence-corrected chi connectivity index (χ0v) is 15.4. The highest BCUT2D eigenvalue weighted by Crippen LogP contribution is 2.61. The Balaban J connectivity index is 1.87. The summed E-state index contributed by atoms with van der Waals surface area (Å²) in [4.78, 5) is 11.9. The van der Waals surface area contributed by atoms with Gasteiger partial charge in [0.25, 0.3) is 0 Å². The summed E-state index contributed by atoms with van der Waals surface area (Å²) in [5, 5.41) is 0. The van der Waals surface area contributed by atoms with Crippen molar-refractivity contribution < 1.29 is 14.3 Å². The Hall–Kier alpha value is -1.35. The lowest BCUT2D eigenvalue weighted by Crippen LogP contribution is -2.48. The Morgan fingerprint density at radius 2 is 2.08 bits per heavy atom. The van der Waals surface area contributed by atoms with Gasteiger partial charge in [-0.2, -0.15) is 0 Å². The first-order valence-corrected chi connectivity index (χ1v) is 9.09. The van der Waals surface area contributed by atoms with E-state index >= 15 is 0 Å². The molecule has 3 heteroatoms. The molecule has 132 valence electrons. The lowest BCUT2D eigenvalue weighted by atomic mass is 9.47. The molecule has 1 unspecified atom stereocenters. The number of rotatable bonds is 3. The first kappa shape index (κ1) is 17.5. The molecule has 4 atom stereocenters. The van der Waals surface area contributed by atoms with E-state index in [1.54, 1.807) is 13.2 Å². The molecule has 2 fully saturated rings. The largest absolute Gasteiger partial charge is 0.428 e. The molecule has 0 saturated heterocycles. The van der Waals surface area contributed by atoms with E-state index in [-0.39, 0.29) is 11.4 Å². The average Bonchev–Trinajstić information content (AvgIpc) is 2.86. The number of esters is 1. The van der Waals surface area contributed by atoms with Gasteiger partial charge in [-0.1, -0.05) is 51.5 Å². The van der Waals surface area contributed by atoms with E-state index in [4.69, 9.17) is 9.47 Å². The lowest BCUT2D eigenvalue weighted by Gasteiger charge is -2.57. The van der Waals surface area contributed by atoms with E-state index < -0.39 is 6.29 Å². The highest BCUT2D eigenvalue weighted by atomic mass is 16.7. The highest BCUT2D eigenvalue weighted by Gasteiger charge is 2.52. The van der Waals surface area contributed by atoms with E-state index in [1.807, 2.05) is 6.08 Å². The summed E-state index contributed by atoms with van der Waals surface area (Å²) in [6.45, 7) is 11.6. The summed E-state index contributed by atoms with van der Waals surface area (Å²) in [5.74, 6) is 0.728. The number of methoxy groups -OCH3 is 1. The van der Waals surface area contributed by atoms with Crippen molar-refractivity contribution in [3.8, 4) is 0 Å². The van der Waals surface area contributed by atoms with Gasteiger partial charge in [-0.3, -0.25) is 0 Å². The van der Waals surface area contributed by atoms with Gasteiger partial charge in [-0.25, -0.2) is 4.79 Å². The second-order valence-electron chi connectivity index (χ2n) is 8.57.